The fourth-order valence-corrected chi connectivity index (χ4v) is 3.85. The first kappa shape index (κ1) is 16.6. The summed E-state index contributed by atoms with van der Waals surface area (Å²) in [5, 5.41) is 11.8. The van der Waals surface area contributed by atoms with Crippen LogP contribution in [-0.2, 0) is 4.79 Å². The van der Waals surface area contributed by atoms with Crippen molar-refractivity contribution in [2.24, 2.45) is 11.7 Å². The lowest BCUT2D eigenvalue weighted by atomic mass is 10.1. The van der Waals surface area contributed by atoms with E-state index in [4.69, 9.17) is 5.73 Å². The van der Waals surface area contributed by atoms with Crippen molar-refractivity contribution in [1.29, 1.82) is 0 Å². The molecule has 1 saturated carbocycles. The van der Waals surface area contributed by atoms with E-state index in [1.165, 1.54) is 0 Å². The Labute approximate surface area is 161 Å². The van der Waals surface area contributed by atoms with Gasteiger partial charge in [-0.05, 0) is 42.5 Å². The summed E-state index contributed by atoms with van der Waals surface area (Å²) in [5.41, 5.74) is 9.84. The van der Waals surface area contributed by atoms with Crippen molar-refractivity contribution >= 4 is 23.0 Å². The molecule has 3 N–H and O–H groups in total. The quantitative estimate of drug-likeness (QED) is 0.568. The van der Waals surface area contributed by atoms with Crippen LogP contribution in [0.1, 0.15) is 19.3 Å². The van der Waals surface area contributed by atoms with E-state index in [-0.39, 0.29) is 17.9 Å². The molecule has 0 spiro atoms. The number of nitrogens with one attached hydrogen (secondary N) is 1. The summed E-state index contributed by atoms with van der Waals surface area (Å²) in [6.45, 7) is 0. The first-order chi connectivity index (χ1) is 13.7. The molecular formula is C20H19N7O. The normalized spacial score (nSPS) is 19.3. The second-order valence-corrected chi connectivity index (χ2v) is 7.19. The smallest absolute Gasteiger partial charge is 0.225 e. The molecule has 0 aliphatic heterocycles. The van der Waals surface area contributed by atoms with E-state index >= 15 is 0 Å². The minimum Gasteiger partial charge on any atom is -0.369 e. The molecule has 2 heterocycles. The van der Waals surface area contributed by atoms with Crippen molar-refractivity contribution in [2.75, 3.05) is 5.32 Å². The van der Waals surface area contributed by atoms with Crippen molar-refractivity contribution in [1.82, 2.24) is 25.0 Å². The third kappa shape index (κ3) is 2.92. The highest BCUT2D eigenvalue weighted by molar-refractivity contribution is 5.77. The predicted molar refractivity (Wildman–Crippen MR) is 105 cm³/mol. The molecular weight excluding hydrogens is 354 g/mol. The van der Waals surface area contributed by atoms with E-state index in [1.54, 1.807) is 10.9 Å². The topological polar surface area (TPSA) is 112 Å². The van der Waals surface area contributed by atoms with E-state index in [9.17, 15) is 4.79 Å². The van der Waals surface area contributed by atoms with Crippen LogP contribution in [0.3, 0.4) is 0 Å². The number of anilines is 1. The Morgan fingerprint density at radius 2 is 1.93 bits per heavy atom. The van der Waals surface area contributed by atoms with Crippen molar-refractivity contribution in [3.05, 3.63) is 48.7 Å². The van der Waals surface area contributed by atoms with Gasteiger partial charge in [0.1, 0.15) is 0 Å². The molecule has 3 aliphatic rings. The summed E-state index contributed by atoms with van der Waals surface area (Å²) >= 11 is 0. The summed E-state index contributed by atoms with van der Waals surface area (Å²) in [5.74, 6) is 0.194. The molecule has 5 rings (SSSR count). The van der Waals surface area contributed by atoms with Crippen molar-refractivity contribution in [3.63, 3.8) is 0 Å². The second kappa shape index (κ2) is 6.56. The number of nitrogens with two attached hydrogens (primary N) is 1. The van der Waals surface area contributed by atoms with Gasteiger partial charge in [0.2, 0.25) is 11.9 Å². The predicted octanol–water partition coefficient (Wildman–Crippen LogP) is 2.38. The first-order valence-corrected chi connectivity index (χ1v) is 9.31. The molecule has 3 aliphatic carbocycles. The van der Waals surface area contributed by atoms with Gasteiger partial charge >= 0.3 is 0 Å². The zero-order valence-electron chi connectivity index (χ0n) is 15.1. The van der Waals surface area contributed by atoms with Gasteiger partial charge in [0, 0.05) is 12.0 Å². The molecule has 8 nitrogen and oxygen atoms in total. The molecule has 1 unspecified atom stereocenters. The zero-order valence-corrected chi connectivity index (χ0v) is 15.1. The summed E-state index contributed by atoms with van der Waals surface area (Å²) in [4.78, 5) is 20.3. The minimum absolute atomic E-state index is 0.0773. The molecule has 0 saturated heterocycles. The van der Waals surface area contributed by atoms with Crippen LogP contribution in [0.4, 0.5) is 5.95 Å². The number of hydrogen-bond donors (Lipinski definition) is 2. The number of nitrogens with zero attached hydrogens (tertiary/aromatic N) is 5. The number of hydrogen-bond acceptors (Lipinski definition) is 6. The van der Waals surface area contributed by atoms with Gasteiger partial charge in [0.15, 0.2) is 11.2 Å². The Hall–Kier alpha value is -3.55. The lowest BCUT2D eigenvalue weighted by Crippen LogP contribution is -2.23. The minimum atomic E-state index is -0.236. The Morgan fingerprint density at radius 3 is 2.64 bits per heavy atom. The van der Waals surface area contributed by atoms with Crippen LogP contribution >= 0.6 is 0 Å². The van der Waals surface area contributed by atoms with Crippen molar-refractivity contribution in [2.45, 2.75) is 25.3 Å². The van der Waals surface area contributed by atoms with Gasteiger partial charge in [0.05, 0.1) is 11.9 Å². The Balaban J connectivity index is 1.47. The maximum atomic E-state index is 11.4. The van der Waals surface area contributed by atoms with Crippen LogP contribution in [-0.4, -0.2) is 36.9 Å². The highest BCUT2D eigenvalue weighted by Gasteiger charge is 2.29. The molecule has 0 aromatic carbocycles. The van der Waals surface area contributed by atoms with E-state index in [2.05, 4.69) is 49.9 Å². The monoisotopic (exact) mass is 373 g/mol. The van der Waals surface area contributed by atoms with Gasteiger partial charge in [0.25, 0.3) is 0 Å². The highest BCUT2D eigenvalue weighted by Crippen LogP contribution is 2.29. The maximum Gasteiger partial charge on any atom is 0.225 e. The molecule has 1 amide bonds. The number of carbonyl (C=O) groups excluding carboxylic acids is 1. The van der Waals surface area contributed by atoms with Gasteiger partial charge < -0.3 is 11.1 Å². The summed E-state index contributed by atoms with van der Waals surface area (Å²) in [7, 11) is 0. The van der Waals surface area contributed by atoms with Crippen LogP contribution in [0.25, 0.3) is 28.0 Å². The number of aromatic nitrogens is 5. The molecule has 2 aromatic rings. The van der Waals surface area contributed by atoms with E-state index < -0.39 is 0 Å². The van der Waals surface area contributed by atoms with E-state index in [1.807, 2.05) is 18.2 Å². The van der Waals surface area contributed by atoms with Crippen LogP contribution in [0.2, 0.25) is 0 Å². The van der Waals surface area contributed by atoms with Crippen LogP contribution in [0, 0.1) is 5.92 Å². The van der Waals surface area contributed by atoms with Gasteiger partial charge in [-0.25, -0.2) is 4.98 Å². The zero-order chi connectivity index (χ0) is 19.1. The Kier molecular flexibility index (Phi) is 3.89. The largest absolute Gasteiger partial charge is 0.369 e. The average Bonchev–Trinajstić information content (AvgIpc) is 3.37. The van der Waals surface area contributed by atoms with E-state index in [0.717, 1.165) is 29.7 Å². The molecule has 0 radical (unpaired) electrons. The highest BCUT2D eigenvalue weighted by atomic mass is 16.1. The van der Waals surface area contributed by atoms with E-state index in [0.29, 0.717) is 23.5 Å². The first-order valence-electron chi connectivity index (χ1n) is 9.31. The molecule has 2 aromatic heterocycles. The number of rotatable bonds is 4. The second-order valence-electron chi connectivity index (χ2n) is 7.19. The van der Waals surface area contributed by atoms with Crippen LogP contribution in [0.5, 0.6) is 0 Å². The van der Waals surface area contributed by atoms with Crippen molar-refractivity contribution in [3.8, 4) is 16.8 Å². The lowest BCUT2D eigenvalue weighted by Gasteiger charge is -2.12. The van der Waals surface area contributed by atoms with Gasteiger partial charge in [-0.1, -0.05) is 35.5 Å². The van der Waals surface area contributed by atoms with Gasteiger partial charge in [-0.15, -0.1) is 5.10 Å². The average molecular weight is 373 g/mol. The lowest BCUT2D eigenvalue weighted by molar-refractivity contribution is -0.121. The summed E-state index contributed by atoms with van der Waals surface area (Å²) in [6.07, 6.45) is 4.04. The van der Waals surface area contributed by atoms with Gasteiger partial charge in [-0.2, -0.15) is 9.67 Å². The molecule has 2 atom stereocenters. The molecule has 0 bridgehead atoms. The fourth-order valence-electron chi connectivity index (χ4n) is 3.85. The molecule has 1 fully saturated rings. The maximum absolute atomic E-state index is 11.4. The summed E-state index contributed by atoms with van der Waals surface area (Å²) in [6, 6.07) is 14.4. The van der Waals surface area contributed by atoms with Crippen LogP contribution in [0.15, 0.2) is 48.7 Å². The number of carbonyl (C=O) groups is 1. The SMILES string of the molecule is NC(=O)[C@@H]1CCC(Nc2ncc3nnn(-c4cc5cccccc-5c4)c3n2)C1. The Morgan fingerprint density at radius 1 is 1.14 bits per heavy atom. The van der Waals surface area contributed by atoms with Gasteiger partial charge in [-0.3, -0.25) is 4.79 Å². The summed E-state index contributed by atoms with van der Waals surface area (Å²) < 4.78 is 1.73. The molecule has 28 heavy (non-hydrogen) atoms. The molecule has 8 heteroatoms. The molecule has 140 valence electrons. The standard InChI is InChI=1S/C20H19N7O/c21-18(28)14-6-7-15(8-14)23-20-22-11-17-19(24-20)27(26-25-17)16-9-12-4-2-1-3-5-13(12)10-16/h1-5,9-11,14-15H,6-8H2,(H2,21,28)(H,22,23,24)/t14-,15?/m1/s1. The number of primary amides is 1. The third-order valence-electron chi connectivity index (χ3n) is 5.32. The number of fused-ring (bicyclic) bond motifs is 2. The van der Waals surface area contributed by atoms with Crippen LogP contribution < -0.4 is 11.1 Å². The third-order valence-corrected chi connectivity index (χ3v) is 5.32. The Bertz CT molecular complexity index is 1110. The van der Waals surface area contributed by atoms with Crippen molar-refractivity contribution < 1.29 is 4.79 Å². The fraction of sp³-hybridized carbons (Fsp3) is 0.250. The number of amides is 1.